The Morgan fingerprint density at radius 2 is 2.05 bits per heavy atom. The summed E-state index contributed by atoms with van der Waals surface area (Å²) in [6, 6.07) is 8.20. The number of rotatable bonds is 4. The molecule has 1 fully saturated rings. The fourth-order valence-electron chi connectivity index (χ4n) is 3.17. The fourth-order valence-corrected chi connectivity index (χ4v) is 3.17. The Balaban J connectivity index is 1.62. The Morgan fingerprint density at radius 1 is 1.24 bits per heavy atom. The van der Waals surface area contributed by atoms with Crippen molar-refractivity contribution in [3.05, 3.63) is 34.8 Å². The first-order valence-electron chi connectivity index (χ1n) is 7.66. The quantitative estimate of drug-likeness (QED) is 0.858. The number of hydrogen-bond acceptors (Lipinski definition) is 4. The minimum absolute atomic E-state index is 0.248. The van der Waals surface area contributed by atoms with E-state index in [0.29, 0.717) is 11.6 Å². The molecule has 1 atom stereocenters. The summed E-state index contributed by atoms with van der Waals surface area (Å²) in [6.07, 6.45) is 0.970. The molecule has 0 N–H and O–H groups in total. The topological polar surface area (TPSA) is 41.6 Å². The smallest absolute Gasteiger partial charge is 0.408 e. The molecule has 0 aliphatic carbocycles. The van der Waals surface area contributed by atoms with Crippen molar-refractivity contribution in [2.45, 2.75) is 25.9 Å². The number of oxazole rings is 1. The van der Waals surface area contributed by atoms with Crippen LogP contribution in [0.1, 0.15) is 13.3 Å². The highest BCUT2D eigenvalue weighted by atomic mass is 16.4. The summed E-state index contributed by atoms with van der Waals surface area (Å²) in [5.74, 6) is -0.248. The molecule has 2 aromatic rings. The summed E-state index contributed by atoms with van der Waals surface area (Å²) in [5, 5.41) is 0. The minimum atomic E-state index is -0.248. The molecule has 0 saturated carbocycles. The summed E-state index contributed by atoms with van der Waals surface area (Å²) in [4.78, 5) is 16.8. The average molecular weight is 289 g/mol. The predicted octanol–water partition coefficient (Wildman–Crippen LogP) is 1.62. The van der Waals surface area contributed by atoms with E-state index >= 15 is 0 Å². The van der Waals surface area contributed by atoms with Crippen molar-refractivity contribution >= 4 is 11.1 Å². The van der Waals surface area contributed by atoms with Crippen LogP contribution in [0.4, 0.5) is 0 Å². The number of hydrogen-bond donors (Lipinski definition) is 0. The first-order valence-corrected chi connectivity index (χ1v) is 7.66. The molecule has 0 amide bonds. The number of nitrogens with zero attached hydrogens (tertiary/aromatic N) is 3. The van der Waals surface area contributed by atoms with E-state index in [4.69, 9.17) is 4.42 Å². The number of para-hydroxylation sites is 2. The van der Waals surface area contributed by atoms with Crippen LogP contribution >= 0.6 is 0 Å². The van der Waals surface area contributed by atoms with Crippen molar-refractivity contribution in [3.63, 3.8) is 0 Å². The number of fused-ring (bicyclic) bond motifs is 1. The second-order valence-corrected chi connectivity index (χ2v) is 5.99. The standard InChI is InChI=1S/C16H23N3O2/c1-13-12-17(2)10-11-18(13)8-5-9-19-14-6-3-4-7-15(14)21-16(19)20/h3-4,6-7,13H,5,8-12H2,1-2H3. The van der Waals surface area contributed by atoms with Crippen molar-refractivity contribution in [3.8, 4) is 0 Å². The van der Waals surface area contributed by atoms with E-state index < -0.39 is 0 Å². The zero-order valence-corrected chi connectivity index (χ0v) is 12.8. The molecule has 2 heterocycles. The summed E-state index contributed by atoms with van der Waals surface area (Å²) < 4.78 is 7.01. The van der Waals surface area contributed by atoms with Gasteiger partial charge in [0.05, 0.1) is 5.52 Å². The summed E-state index contributed by atoms with van der Waals surface area (Å²) in [7, 11) is 2.17. The van der Waals surface area contributed by atoms with Gasteiger partial charge in [-0.2, -0.15) is 0 Å². The second-order valence-electron chi connectivity index (χ2n) is 5.99. The molecule has 114 valence electrons. The lowest BCUT2D eigenvalue weighted by atomic mass is 10.2. The summed E-state index contributed by atoms with van der Waals surface area (Å²) in [6.45, 7) is 7.37. The van der Waals surface area contributed by atoms with E-state index in [1.807, 2.05) is 24.3 Å². The maximum Gasteiger partial charge on any atom is 0.419 e. The van der Waals surface area contributed by atoms with E-state index in [9.17, 15) is 4.79 Å². The molecule has 1 saturated heterocycles. The first-order chi connectivity index (χ1) is 10.1. The highest BCUT2D eigenvalue weighted by Crippen LogP contribution is 2.13. The van der Waals surface area contributed by atoms with Crippen LogP contribution in [0.15, 0.2) is 33.5 Å². The van der Waals surface area contributed by atoms with Gasteiger partial charge in [0.1, 0.15) is 0 Å². The van der Waals surface area contributed by atoms with Gasteiger partial charge in [-0.3, -0.25) is 9.47 Å². The van der Waals surface area contributed by atoms with Crippen LogP contribution in [0.2, 0.25) is 0 Å². The normalized spacial score (nSPS) is 21.1. The van der Waals surface area contributed by atoms with E-state index in [0.717, 1.165) is 44.7 Å². The molecule has 21 heavy (non-hydrogen) atoms. The Morgan fingerprint density at radius 3 is 2.86 bits per heavy atom. The van der Waals surface area contributed by atoms with Gasteiger partial charge in [-0.05, 0) is 32.5 Å². The molecule has 5 heteroatoms. The lowest BCUT2D eigenvalue weighted by molar-refractivity contribution is 0.0979. The lowest BCUT2D eigenvalue weighted by Gasteiger charge is -2.38. The molecule has 0 spiro atoms. The van der Waals surface area contributed by atoms with Gasteiger partial charge in [-0.15, -0.1) is 0 Å². The molecule has 0 radical (unpaired) electrons. The number of aromatic nitrogens is 1. The molecule has 1 aromatic heterocycles. The molecule has 1 aromatic carbocycles. The monoisotopic (exact) mass is 289 g/mol. The Kier molecular flexibility index (Phi) is 4.12. The highest BCUT2D eigenvalue weighted by molar-refractivity contribution is 5.72. The van der Waals surface area contributed by atoms with Crippen molar-refractivity contribution in [1.82, 2.24) is 14.4 Å². The Hall–Kier alpha value is -1.59. The van der Waals surface area contributed by atoms with Crippen LogP contribution in [-0.4, -0.2) is 53.6 Å². The molecule has 5 nitrogen and oxygen atoms in total. The Bertz CT molecular complexity index is 661. The van der Waals surface area contributed by atoms with Crippen LogP contribution < -0.4 is 5.76 Å². The van der Waals surface area contributed by atoms with Crippen LogP contribution in [0.3, 0.4) is 0 Å². The van der Waals surface area contributed by atoms with Gasteiger partial charge in [-0.1, -0.05) is 12.1 Å². The maximum atomic E-state index is 11.9. The van der Waals surface area contributed by atoms with Gasteiger partial charge in [0.2, 0.25) is 0 Å². The molecule has 1 aliphatic heterocycles. The number of aryl methyl sites for hydroxylation is 1. The molecule has 1 unspecified atom stereocenters. The zero-order valence-electron chi connectivity index (χ0n) is 12.8. The molecule has 3 rings (SSSR count). The first kappa shape index (κ1) is 14.4. The molecular weight excluding hydrogens is 266 g/mol. The zero-order chi connectivity index (χ0) is 14.8. The maximum absolute atomic E-state index is 11.9. The molecule has 0 bridgehead atoms. The van der Waals surface area contributed by atoms with E-state index in [1.54, 1.807) is 4.57 Å². The van der Waals surface area contributed by atoms with E-state index in [2.05, 4.69) is 23.8 Å². The third kappa shape index (κ3) is 3.04. The van der Waals surface area contributed by atoms with E-state index in [1.165, 1.54) is 0 Å². The van der Waals surface area contributed by atoms with Crippen LogP contribution in [0.25, 0.3) is 11.1 Å². The van der Waals surface area contributed by atoms with Crippen LogP contribution in [0, 0.1) is 0 Å². The van der Waals surface area contributed by atoms with Gasteiger partial charge < -0.3 is 9.32 Å². The SMILES string of the molecule is CC1CN(C)CCN1CCCn1c(=O)oc2ccccc21. The molecule has 1 aliphatic rings. The summed E-state index contributed by atoms with van der Waals surface area (Å²) >= 11 is 0. The average Bonchev–Trinajstić information content (AvgIpc) is 2.77. The molecular formula is C16H23N3O2. The van der Waals surface area contributed by atoms with Crippen molar-refractivity contribution < 1.29 is 4.42 Å². The van der Waals surface area contributed by atoms with Gasteiger partial charge in [-0.25, -0.2) is 4.79 Å². The fraction of sp³-hybridized carbons (Fsp3) is 0.562. The third-order valence-corrected chi connectivity index (χ3v) is 4.37. The van der Waals surface area contributed by atoms with Crippen LogP contribution in [0.5, 0.6) is 0 Å². The lowest BCUT2D eigenvalue weighted by Crippen LogP contribution is -2.50. The third-order valence-electron chi connectivity index (χ3n) is 4.37. The Labute approximate surface area is 124 Å². The van der Waals surface area contributed by atoms with Crippen molar-refractivity contribution in [2.24, 2.45) is 0 Å². The largest absolute Gasteiger partial charge is 0.419 e. The van der Waals surface area contributed by atoms with Gasteiger partial charge in [0, 0.05) is 38.8 Å². The second kappa shape index (κ2) is 6.03. The van der Waals surface area contributed by atoms with Crippen molar-refractivity contribution in [2.75, 3.05) is 33.2 Å². The van der Waals surface area contributed by atoms with Crippen molar-refractivity contribution in [1.29, 1.82) is 0 Å². The number of benzene rings is 1. The van der Waals surface area contributed by atoms with Crippen LogP contribution in [-0.2, 0) is 6.54 Å². The van der Waals surface area contributed by atoms with Gasteiger partial charge >= 0.3 is 5.76 Å². The number of likely N-dealkylation sites (N-methyl/N-ethyl adjacent to an activating group) is 1. The highest BCUT2D eigenvalue weighted by Gasteiger charge is 2.20. The van der Waals surface area contributed by atoms with E-state index in [-0.39, 0.29) is 5.76 Å². The van der Waals surface area contributed by atoms with Gasteiger partial charge in [0.25, 0.3) is 0 Å². The predicted molar refractivity (Wildman–Crippen MR) is 83.6 cm³/mol. The summed E-state index contributed by atoms with van der Waals surface area (Å²) in [5.41, 5.74) is 1.57. The van der Waals surface area contributed by atoms with Gasteiger partial charge in [0.15, 0.2) is 5.58 Å². The minimum Gasteiger partial charge on any atom is -0.408 e. The number of piperazine rings is 1.